The number of hydrogen-bond acceptors (Lipinski definition) is 9. The molecule has 0 saturated heterocycles. The molecule has 12 N–H and O–H groups in total. The molecule has 0 bridgehead atoms. The summed E-state index contributed by atoms with van der Waals surface area (Å²) in [6.07, 6.45) is 1.01. The Morgan fingerprint density at radius 2 is 1.25 bits per heavy atom. The first-order chi connectivity index (χ1) is 24.8. The number of carboxylic acid groups (broad SMARTS) is 1. The lowest BCUT2D eigenvalue weighted by molar-refractivity contribution is -0.142. The number of aromatic amines is 1. The number of para-hydroxylation sites is 1. The number of carboxylic acids is 1. The number of aromatic hydroxyl groups is 2. The van der Waals surface area contributed by atoms with Gasteiger partial charge in [0, 0.05) is 36.4 Å². The van der Waals surface area contributed by atoms with Crippen LogP contribution in [0.5, 0.6) is 11.5 Å². The third-order valence-electron chi connectivity index (χ3n) is 8.21. The number of primary amides is 1. The molecule has 5 amide bonds. The summed E-state index contributed by atoms with van der Waals surface area (Å²) < 4.78 is 0. The molecule has 0 fully saturated rings. The molecule has 16 heteroatoms. The Bertz CT molecular complexity index is 1890. The zero-order chi connectivity index (χ0) is 37.8. The topological polar surface area (TPSA) is 279 Å². The molecule has 0 aliphatic rings. The van der Waals surface area contributed by atoms with E-state index in [1.54, 1.807) is 24.4 Å². The molecule has 0 radical (unpaired) electrons. The van der Waals surface area contributed by atoms with Crippen LogP contribution in [0.2, 0.25) is 0 Å². The molecule has 4 atom stereocenters. The highest BCUT2D eigenvalue weighted by atomic mass is 16.4. The molecule has 0 unspecified atom stereocenters. The molecule has 3 aromatic carbocycles. The zero-order valence-corrected chi connectivity index (χ0v) is 28.0. The van der Waals surface area contributed by atoms with Gasteiger partial charge in [0.1, 0.15) is 29.6 Å². The summed E-state index contributed by atoms with van der Waals surface area (Å²) in [7, 11) is 0. The Morgan fingerprint density at radius 3 is 1.85 bits per heavy atom. The van der Waals surface area contributed by atoms with Crippen LogP contribution in [0.15, 0.2) is 79.0 Å². The second-order valence-electron chi connectivity index (χ2n) is 12.2. The third-order valence-corrected chi connectivity index (χ3v) is 8.21. The summed E-state index contributed by atoms with van der Waals surface area (Å²) in [5.41, 5.74) is 13.8. The van der Waals surface area contributed by atoms with Crippen molar-refractivity contribution in [1.82, 2.24) is 26.3 Å². The van der Waals surface area contributed by atoms with E-state index in [2.05, 4.69) is 26.3 Å². The van der Waals surface area contributed by atoms with E-state index in [-0.39, 0.29) is 43.6 Å². The number of aromatic nitrogens is 1. The average molecular weight is 716 g/mol. The second-order valence-corrected chi connectivity index (χ2v) is 12.2. The van der Waals surface area contributed by atoms with Gasteiger partial charge in [-0.3, -0.25) is 24.0 Å². The van der Waals surface area contributed by atoms with Crippen molar-refractivity contribution < 1.29 is 44.1 Å². The number of nitrogens with two attached hydrogens (primary N) is 2. The van der Waals surface area contributed by atoms with E-state index < -0.39 is 66.2 Å². The fourth-order valence-electron chi connectivity index (χ4n) is 5.42. The molecular formula is C36H41N7O9. The predicted octanol–water partition coefficient (Wildman–Crippen LogP) is -0.145. The fraction of sp³-hybridized carbons (Fsp3) is 0.278. The van der Waals surface area contributed by atoms with Gasteiger partial charge in [0.05, 0.1) is 12.6 Å². The van der Waals surface area contributed by atoms with E-state index in [1.165, 1.54) is 36.4 Å². The van der Waals surface area contributed by atoms with Gasteiger partial charge in [0.15, 0.2) is 0 Å². The molecule has 274 valence electrons. The minimum atomic E-state index is -1.49. The van der Waals surface area contributed by atoms with Crippen molar-refractivity contribution in [3.05, 3.63) is 95.7 Å². The lowest BCUT2D eigenvalue weighted by Crippen LogP contribution is -2.57. The molecule has 52 heavy (non-hydrogen) atoms. The van der Waals surface area contributed by atoms with E-state index in [9.17, 15) is 44.1 Å². The Hall–Kier alpha value is -6.42. The number of amides is 5. The first-order valence-electron chi connectivity index (χ1n) is 16.3. The van der Waals surface area contributed by atoms with Crippen LogP contribution in [-0.4, -0.2) is 86.5 Å². The van der Waals surface area contributed by atoms with E-state index in [4.69, 9.17) is 11.5 Å². The van der Waals surface area contributed by atoms with Gasteiger partial charge in [-0.1, -0.05) is 42.5 Å². The van der Waals surface area contributed by atoms with E-state index in [0.29, 0.717) is 16.7 Å². The number of benzene rings is 3. The lowest BCUT2D eigenvalue weighted by Gasteiger charge is -2.25. The van der Waals surface area contributed by atoms with Crippen molar-refractivity contribution in [1.29, 1.82) is 0 Å². The number of phenolic OH excluding ortho intramolecular Hbond substituents is 2. The van der Waals surface area contributed by atoms with Gasteiger partial charge >= 0.3 is 5.97 Å². The van der Waals surface area contributed by atoms with E-state index >= 15 is 0 Å². The SMILES string of the molecule is NC(=O)CC[C@H](NC(=O)[C@H](Cc1c[nH]c2ccccc12)NC(=O)[C@H](Cc1ccc(O)cc1)NC(=O)CNC(=O)[C@@H](N)Cc1ccc(O)cc1)C(=O)O. The van der Waals surface area contributed by atoms with Crippen molar-refractivity contribution in [2.75, 3.05) is 6.54 Å². The maximum absolute atomic E-state index is 13.9. The van der Waals surface area contributed by atoms with Gasteiger partial charge < -0.3 is 53.0 Å². The molecule has 0 spiro atoms. The number of carbonyl (C=O) groups is 6. The lowest BCUT2D eigenvalue weighted by atomic mass is 10.0. The van der Waals surface area contributed by atoms with Crippen LogP contribution in [0.4, 0.5) is 0 Å². The van der Waals surface area contributed by atoms with Crippen LogP contribution in [0, 0.1) is 0 Å². The molecule has 1 aromatic heterocycles. The summed E-state index contributed by atoms with van der Waals surface area (Å²) >= 11 is 0. The summed E-state index contributed by atoms with van der Waals surface area (Å²) in [5, 5.41) is 39.7. The van der Waals surface area contributed by atoms with Gasteiger partial charge in [-0.25, -0.2) is 4.79 Å². The monoisotopic (exact) mass is 715 g/mol. The van der Waals surface area contributed by atoms with Gasteiger partial charge in [-0.2, -0.15) is 0 Å². The smallest absolute Gasteiger partial charge is 0.326 e. The number of carbonyl (C=O) groups excluding carboxylic acids is 5. The fourth-order valence-corrected chi connectivity index (χ4v) is 5.42. The highest BCUT2D eigenvalue weighted by molar-refractivity contribution is 5.95. The first kappa shape index (κ1) is 38.4. The number of aliphatic carboxylic acids is 1. The number of H-pyrrole nitrogens is 1. The first-order valence-corrected chi connectivity index (χ1v) is 16.3. The van der Waals surface area contributed by atoms with Crippen molar-refractivity contribution in [2.45, 2.75) is 56.3 Å². The van der Waals surface area contributed by atoms with Crippen LogP contribution in [0.25, 0.3) is 10.9 Å². The largest absolute Gasteiger partial charge is 0.508 e. The van der Waals surface area contributed by atoms with Crippen LogP contribution in [0.3, 0.4) is 0 Å². The standard InChI is InChI=1S/C36H41N7O9/c37-26(15-20-5-9-23(44)10-6-20)33(48)40-19-32(47)41-29(16-21-7-11-24(45)12-8-21)34(49)43-30(17-22-18-39-27-4-2-1-3-25(22)27)35(50)42-28(36(51)52)13-14-31(38)46/h1-12,18,26,28-30,39,44-45H,13-17,19,37H2,(H2,38,46)(H,40,48)(H,41,47)(H,42,50)(H,43,49)(H,51,52)/t26-,28-,29-,30-/m0/s1. The average Bonchev–Trinajstić information content (AvgIpc) is 3.52. The van der Waals surface area contributed by atoms with Crippen molar-refractivity contribution in [2.24, 2.45) is 11.5 Å². The van der Waals surface area contributed by atoms with Crippen LogP contribution < -0.4 is 32.7 Å². The molecule has 1 heterocycles. The van der Waals surface area contributed by atoms with Crippen molar-refractivity contribution >= 4 is 46.4 Å². The quantitative estimate of drug-likeness (QED) is 0.0651. The number of fused-ring (bicyclic) bond motifs is 1. The molecule has 4 aromatic rings. The third kappa shape index (κ3) is 11.3. The second kappa shape index (κ2) is 18.0. The molecular weight excluding hydrogens is 674 g/mol. The summed E-state index contributed by atoms with van der Waals surface area (Å²) in [4.78, 5) is 79.6. The van der Waals surface area contributed by atoms with Crippen molar-refractivity contribution in [3.63, 3.8) is 0 Å². The number of nitrogens with one attached hydrogen (secondary N) is 5. The normalized spacial score (nSPS) is 13.2. The Labute approximate surface area is 298 Å². The van der Waals surface area contributed by atoms with Gasteiger partial charge in [-0.05, 0) is 59.9 Å². The number of rotatable bonds is 18. The van der Waals surface area contributed by atoms with Gasteiger partial charge in [0.25, 0.3) is 0 Å². The molecule has 16 nitrogen and oxygen atoms in total. The molecule has 4 rings (SSSR count). The Morgan fingerprint density at radius 1 is 0.692 bits per heavy atom. The number of phenols is 2. The summed E-state index contributed by atoms with van der Waals surface area (Å²) in [6, 6.07) is 14.1. The highest BCUT2D eigenvalue weighted by Crippen LogP contribution is 2.20. The molecule has 0 aliphatic heterocycles. The molecule has 0 aliphatic carbocycles. The summed E-state index contributed by atoms with van der Waals surface area (Å²) in [5.74, 6) is -5.19. The van der Waals surface area contributed by atoms with Crippen LogP contribution in [0.1, 0.15) is 29.5 Å². The molecule has 0 saturated carbocycles. The predicted molar refractivity (Wildman–Crippen MR) is 188 cm³/mol. The highest BCUT2D eigenvalue weighted by Gasteiger charge is 2.31. The van der Waals surface area contributed by atoms with Crippen LogP contribution >= 0.6 is 0 Å². The Kier molecular flexibility index (Phi) is 13.3. The zero-order valence-electron chi connectivity index (χ0n) is 28.0. The van der Waals surface area contributed by atoms with Gasteiger partial charge in [-0.15, -0.1) is 0 Å². The maximum Gasteiger partial charge on any atom is 0.326 e. The van der Waals surface area contributed by atoms with Gasteiger partial charge in [0.2, 0.25) is 29.5 Å². The van der Waals surface area contributed by atoms with E-state index in [0.717, 1.165) is 10.9 Å². The maximum atomic E-state index is 13.9. The Balaban J connectivity index is 1.52. The van der Waals surface area contributed by atoms with Crippen molar-refractivity contribution in [3.8, 4) is 11.5 Å². The summed E-state index contributed by atoms with van der Waals surface area (Å²) in [6.45, 7) is -0.541. The number of hydrogen-bond donors (Lipinski definition) is 10. The van der Waals surface area contributed by atoms with Crippen LogP contribution in [-0.2, 0) is 48.0 Å². The van der Waals surface area contributed by atoms with E-state index in [1.807, 2.05) is 18.2 Å². The minimum Gasteiger partial charge on any atom is -0.508 e. The minimum absolute atomic E-state index is 0.0278.